The van der Waals surface area contributed by atoms with Crippen molar-refractivity contribution in [2.24, 2.45) is 5.92 Å². The number of rotatable bonds is 6. The van der Waals surface area contributed by atoms with Crippen molar-refractivity contribution in [1.82, 2.24) is 0 Å². The zero-order valence-corrected chi connectivity index (χ0v) is 15.8. The predicted molar refractivity (Wildman–Crippen MR) is 90.6 cm³/mol. The molecular weight excluding hydrogens is 321 g/mol. The van der Waals surface area contributed by atoms with E-state index in [1.807, 2.05) is 30.3 Å². The van der Waals surface area contributed by atoms with Crippen molar-refractivity contribution in [3.8, 4) is 0 Å². The Kier molecular flexibility index (Phi) is 8.41. The normalized spacial score (nSPS) is 11.2. The Hall–Kier alpha value is -1.27. The van der Waals surface area contributed by atoms with Crippen LogP contribution < -0.4 is 34.9 Å². The van der Waals surface area contributed by atoms with Crippen molar-refractivity contribution in [2.75, 3.05) is 11.1 Å². The van der Waals surface area contributed by atoms with E-state index in [9.17, 15) is 9.59 Å². The number of carboxylic acid groups (broad SMARTS) is 1. The summed E-state index contributed by atoms with van der Waals surface area (Å²) in [5.74, 6) is -1.05. The molecule has 0 heterocycles. The SMILES string of the molecule is O=C(O)c1cccc(NC(=O)C(CS)Cc2ccccc2)c1.[H-].[Na+]. The summed E-state index contributed by atoms with van der Waals surface area (Å²) in [6.45, 7) is 0. The molecule has 0 aliphatic rings. The van der Waals surface area contributed by atoms with Crippen LogP contribution in [0.25, 0.3) is 0 Å². The average molecular weight is 339 g/mol. The van der Waals surface area contributed by atoms with Gasteiger partial charge in [-0.05, 0) is 30.2 Å². The maximum atomic E-state index is 12.3. The van der Waals surface area contributed by atoms with Gasteiger partial charge in [0.15, 0.2) is 0 Å². The number of amides is 1. The number of carbonyl (C=O) groups excluding carboxylic acids is 1. The monoisotopic (exact) mass is 339 g/mol. The van der Waals surface area contributed by atoms with Crippen LogP contribution in [0.4, 0.5) is 5.69 Å². The van der Waals surface area contributed by atoms with E-state index in [1.54, 1.807) is 12.1 Å². The fourth-order valence-corrected chi connectivity index (χ4v) is 2.41. The molecule has 0 aliphatic carbocycles. The Bertz CT molecular complexity index is 670. The van der Waals surface area contributed by atoms with Crippen LogP contribution >= 0.6 is 12.6 Å². The quantitative estimate of drug-likeness (QED) is 0.521. The van der Waals surface area contributed by atoms with Gasteiger partial charge in [-0.3, -0.25) is 4.79 Å². The van der Waals surface area contributed by atoms with E-state index < -0.39 is 5.97 Å². The second-order valence-corrected chi connectivity index (χ2v) is 5.31. The molecular formula is C17H18NNaO3S. The Labute approximate surface area is 164 Å². The zero-order chi connectivity index (χ0) is 15.9. The Morgan fingerprint density at radius 2 is 1.83 bits per heavy atom. The molecule has 4 nitrogen and oxygen atoms in total. The summed E-state index contributed by atoms with van der Waals surface area (Å²) in [6, 6.07) is 15.9. The van der Waals surface area contributed by atoms with E-state index >= 15 is 0 Å². The maximum absolute atomic E-state index is 12.3. The number of nitrogens with one attached hydrogen (secondary N) is 1. The molecule has 0 aromatic heterocycles. The third kappa shape index (κ3) is 6.03. The molecule has 23 heavy (non-hydrogen) atoms. The number of carboxylic acids is 1. The second kappa shape index (κ2) is 9.78. The van der Waals surface area contributed by atoms with Gasteiger partial charge in [0.25, 0.3) is 0 Å². The topological polar surface area (TPSA) is 66.4 Å². The molecule has 1 amide bonds. The standard InChI is InChI=1S/C17H17NO3S.Na.H/c19-16(14(11-22)9-12-5-2-1-3-6-12)18-15-8-4-7-13(10-15)17(20)21;;/h1-8,10,14,22H,9,11H2,(H,18,19)(H,20,21);;/q;+1;-1. The molecule has 2 N–H and O–H groups in total. The molecule has 2 aromatic rings. The molecule has 0 saturated carbocycles. The average Bonchev–Trinajstić information content (AvgIpc) is 2.53. The summed E-state index contributed by atoms with van der Waals surface area (Å²) < 4.78 is 0. The number of thiol groups is 1. The van der Waals surface area contributed by atoms with Crippen LogP contribution in [0.15, 0.2) is 54.6 Å². The number of anilines is 1. The first-order valence-electron chi connectivity index (χ1n) is 6.89. The molecule has 6 heteroatoms. The molecule has 2 aromatic carbocycles. The number of carbonyl (C=O) groups is 2. The van der Waals surface area contributed by atoms with Gasteiger partial charge in [0, 0.05) is 11.4 Å². The number of benzene rings is 2. The number of hydrogen-bond donors (Lipinski definition) is 3. The van der Waals surface area contributed by atoms with Crippen LogP contribution in [0.3, 0.4) is 0 Å². The van der Waals surface area contributed by atoms with Crippen LogP contribution in [0.1, 0.15) is 17.3 Å². The zero-order valence-electron chi connectivity index (χ0n) is 13.9. The van der Waals surface area contributed by atoms with Crippen molar-refractivity contribution < 1.29 is 45.7 Å². The van der Waals surface area contributed by atoms with E-state index in [0.717, 1.165) is 5.56 Å². The second-order valence-electron chi connectivity index (χ2n) is 4.94. The first-order chi connectivity index (χ1) is 10.6. The number of hydrogen-bond acceptors (Lipinski definition) is 3. The van der Waals surface area contributed by atoms with Crippen molar-refractivity contribution in [1.29, 1.82) is 0 Å². The molecule has 0 saturated heterocycles. The van der Waals surface area contributed by atoms with Gasteiger partial charge in [-0.1, -0.05) is 36.4 Å². The van der Waals surface area contributed by atoms with Crippen molar-refractivity contribution in [2.45, 2.75) is 6.42 Å². The Morgan fingerprint density at radius 1 is 1.13 bits per heavy atom. The van der Waals surface area contributed by atoms with E-state index in [-0.39, 0.29) is 48.4 Å². The van der Waals surface area contributed by atoms with Crippen molar-refractivity contribution in [3.63, 3.8) is 0 Å². The van der Waals surface area contributed by atoms with E-state index in [4.69, 9.17) is 5.11 Å². The van der Waals surface area contributed by atoms with Crippen LogP contribution in [0.2, 0.25) is 0 Å². The summed E-state index contributed by atoms with van der Waals surface area (Å²) >= 11 is 4.25. The fourth-order valence-electron chi connectivity index (χ4n) is 2.11. The minimum atomic E-state index is -1.02. The molecule has 0 aliphatic heterocycles. The third-order valence-electron chi connectivity index (χ3n) is 3.29. The van der Waals surface area contributed by atoms with Gasteiger partial charge in [-0.2, -0.15) is 12.6 Å². The predicted octanol–water partition coefficient (Wildman–Crippen LogP) is 0.228. The van der Waals surface area contributed by atoms with Gasteiger partial charge in [0.1, 0.15) is 0 Å². The van der Waals surface area contributed by atoms with Crippen LogP contribution in [-0.4, -0.2) is 22.7 Å². The van der Waals surface area contributed by atoms with E-state index in [0.29, 0.717) is 17.9 Å². The molecule has 116 valence electrons. The largest absolute Gasteiger partial charge is 1.00 e. The maximum Gasteiger partial charge on any atom is 1.00 e. The molecule has 1 atom stereocenters. The van der Waals surface area contributed by atoms with Crippen molar-refractivity contribution in [3.05, 3.63) is 65.7 Å². The smallest absolute Gasteiger partial charge is 1.00 e. The Morgan fingerprint density at radius 3 is 2.43 bits per heavy atom. The Balaban J connectivity index is 0.00000264. The van der Waals surface area contributed by atoms with Crippen LogP contribution in [0, 0.1) is 5.92 Å². The summed E-state index contributed by atoms with van der Waals surface area (Å²) in [4.78, 5) is 23.3. The minimum absolute atomic E-state index is 0. The van der Waals surface area contributed by atoms with Crippen LogP contribution in [-0.2, 0) is 11.2 Å². The fraction of sp³-hybridized carbons (Fsp3) is 0.176. The van der Waals surface area contributed by atoms with E-state index in [1.165, 1.54) is 12.1 Å². The first kappa shape index (κ1) is 19.8. The van der Waals surface area contributed by atoms with Gasteiger partial charge in [-0.25, -0.2) is 4.79 Å². The van der Waals surface area contributed by atoms with Gasteiger partial charge < -0.3 is 11.8 Å². The summed E-state index contributed by atoms with van der Waals surface area (Å²) in [5, 5.41) is 11.7. The van der Waals surface area contributed by atoms with Gasteiger partial charge >= 0.3 is 35.5 Å². The molecule has 1 unspecified atom stereocenters. The molecule has 0 bridgehead atoms. The first-order valence-corrected chi connectivity index (χ1v) is 7.52. The van der Waals surface area contributed by atoms with Crippen LogP contribution in [0.5, 0.6) is 0 Å². The van der Waals surface area contributed by atoms with E-state index in [2.05, 4.69) is 17.9 Å². The van der Waals surface area contributed by atoms with Gasteiger partial charge in [0.2, 0.25) is 5.91 Å². The third-order valence-corrected chi connectivity index (χ3v) is 3.73. The number of aromatic carboxylic acids is 1. The molecule has 0 radical (unpaired) electrons. The summed E-state index contributed by atoms with van der Waals surface area (Å²) in [6.07, 6.45) is 0.592. The summed E-state index contributed by atoms with van der Waals surface area (Å²) in [5.41, 5.74) is 1.68. The summed E-state index contributed by atoms with van der Waals surface area (Å²) in [7, 11) is 0. The van der Waals surface area contributed by atoms with Gasteiger partial charge in [-0.15, -0.1) is 0 Å². The van der Waals surface area contributed by atoms with Crippen molar-refractivity contribution >= 4 is 30.2 Å². The van der Waals surface area contributed by atoms with Gasteiger partial charge in [0.05, 0.1) is 11.5 Å². The molecule has 0 spiro atoms. The minimum Gasteiger partial charge on any atom is -1.00 e. The molecule has 0 fully saturated rings. The molecule has 2 rings (SSSR count).